The molecule has 2 N–H and O–H groups in total. The van der Waals surface area contributed by atoms with Gasteiger partial charge in [0.05, 0.1) is 11.4 Å². The van der Waals surface area contributed by atoms with Crippen molar-refractivity contribution in [1.29, 1.82) is 0 Å². The minimum absolute atomic E-state index is 0.0108. The van der Waals surface area contributed by atoms with Gasteiger partial charge in [-0.2, -0.15) is 0 Å². The van der Waals surface area contributed by atoms with Crippen LogP contribution in [0.25, 0.3) is 5.69 Å². The summed E-state index contributed by atoms with van der Waals surface area (Å²) in [4.78, 5) is 44.5. The number of carbonyl (C=O) groups excluding carboxylic acids is 2. The van der Waals surface area contributed by atoms with Gasteiger partial charge in [-0.15, -0.1) is 0 Å². The fraction of sp³-hybridized carbons (Fsp3) is 0.421. The SMILES string of the molecule is CCc1cc(CNC=O)c(-n2c(C)c(Cl)nc(Cl)c2=O)c(NC(=O)OC(C)(C)C)n1. The normalized spacial score (nSPS) is 11.2. The predicted octanol–water partition coefficient (Wildman–Crippen LogP) is 3.40. The second-order valence-electron chi connectivity index (χ2n) is 7.37. The molecule has 0 aliphatic rings. The van der Waals surface area contributed by atoms with Gasteiger partial charge in [-0.05, 0) is 40.2 Å². The number of nitrogens with zero attached hydrogens (tertiary/aromatic N) is 3. The third-order valence-corrected chi connectivity index (χ3v) is 4.52. The first-order chi connectivity index (χ1) is 14.0. The zero-order chi connectivity index (χ0) is 22.6. The first-order valence-corrected chi connectivity index (χ1v) is 9.89. The van der Waals surface area contributed by atoms with Crippen LogP contribution in [-0.4, -0.2) is 32.6 Å². The van der Waals surface area contributed by atoms with Crippen molar-refractivity contribution in [2.45, 2.75) is 53.2 Å². The highest BCUT2D eigenvalue weighted by molar-refractivity contribution is 6.32. The summed E-state index contributed by atoms with van der Waals surface area (Å²) in [5.74, 6) is 0.0647. The van der Waals surface area contributed by atoms with Crippen LogP contribution in [-0.2, 0) is 22.5 Å². The Morgan fingerprint density at radius 2 is 1.93 bits per heavy atom. The molecule has 2 heterocycles. The van der Waals surface area contributed by atoms with E-state index in [2.05, 4.69) is 20.6 Å². The Balaban J connectivity index is 2.80. The molecule has 0 atom stereocenters. The van der Waals surface area contributed by atoms with E-state index in [1.54, 1.807) is 33.8 Å². The van der Waals surface area contributed by atoms with Crippen molar-refractivity contribution in [2.75, 3.05) is 5.32 Å². The van der Waals surface area contributed by atoms with E-state index < -0.39 is 17.3 Å². The number of nitrogens with one attached hydrogen (secondary N) is 2. The molecule has 0 fully saturated rings. The van der Waals surface area contributed by atoms with E-state index in [-0.39, 0.29) is 34.1 Å². The maximum atomic E-state index is 12.8. The predicted molar refractivity (Wildman–Crippen MR) is 115 cm³/mol. The maximum absolute atomic E-state index is 12.8. The van der Waals surface area contributed by atoms with Crippen LogP contribution in [0.1, 0.15) is 44.6 Å². The molecule has 9 nitrogen and oxygen atoms in total. The topological polar surface area (TPSA) is 115 Å². The van der Waals surface area contributed by atoms with Gasteiger partial charge < -0.3 is 10.1 Å². The van der Waals surface area contributed by atoms with Crippen LogP contribution in [0.15, 0.2) is 10.9 Å². The van der Waals surface area contributed by atoms with Gasteiger partial charge in [-0.25, -0.2) is 14.8 Å². The molecule has 0 spiro atoms. The van der Waals surface area contributed by atoms with Gasteiger partial charge in [0.1, 0.15) is 5.60 Å². The molecule has 11 heteroatoms. The first-order valence-electron chi connectivity index (χ1n) is 9.13. The molecule has 0 radical (unpaired) electrons. The molecule has 0 bridgehead atoms. The fourth-order valence-corrected chi connectivity index (χ4v) is 3.06. The van der Waals surface area contributed by atoms with Crippen LogP contribution in [0, 0.1) is 6.92 Å². The summed E-state index contributed by atoms with van der Waals surface area (Å²) >= 11 is 12.1. The lowest BCUT2D eigenvalue weighted by Crippen LogP contribution is -2.30. The zero-order valence-electron chi connectivity index (χ0n) is 17.3. The summed E-state index contributed by atoms with van der Waals surface area (Å²) in [5.41, 5.74) is 0.250. The van der Waals surface area contributed by atoms with E-state index in [4.69, 9.17) is 27.9 Å². The molecule has 0 aliphatic carbocycles. The molecule has 0 aliphatic heterocycles. The number of rotatable bonds is 6. The Labute approximate surface area is 183 Å². The average Bonchev–Trinajstić information content (AvgIpc) is 2.64. The largest absolute Gasteiger partial charge is 0.444 e. The molecule has 2 rings (SSSR count). The lowest BCUT2D eigenvalue weighted by Gasteiger charge is -2.22. The van der Waals surface area contributed by atoms with E-state index in [9.17, 15) is 14.4 Å². The van der Waals surface area contributed by atoms with Crippen molar-refractivity contribution in [3.8, 4) is 5.69 Å². The number of anilines is 1. The third-order valence-electron chi connectivity index (χ3n) is 3.92. The number of aryl methyl sites for hydroxylation is 1. The zero-order valence-corrected chi connectivity index (χ0v) is 18.8. The van der Waals surface area contributed by atoms with E-state index in [0.29, 0.717) is 24.1 Å². The van der Waals surface area contributed by atoms with Gasteiger partial charge in [0.2, 0.25) is 6.41 Å². The van der Waals surface area contributed by atoms with Gasteiger partial charge >= 0.3 is 6.09 Å². The van der Waals surface area contributed by atoms with Gasteiger partial charge in [-0.1, -0.05) is 30.1 Å². The van der Waals surface area contributed by atoms with Crippen molar-refractivity contribution in [2.24, 2.45) is 0 Å². The molecule has 2 amide bonds. The monoisotopic (exact) mass is 455 g/mol. The second kappa shape index (κ2) is 9.44. The second-order valence-corrected chi connectivity index (χ2v) is 8.08. The molecule has 0 unspecified atom stereocenters. The first kappa shape index (κ1) is 23.6. The fourth-order valence-electron chi connectivity index (χ4n) is 2.68. The number of hydrogen-bond acceptors (Lipinski definition) is 6. The Morgan fingerprint density at radius 3 is 2.50 bits per heavy atom. The maximum Gasteiger partial charge on any atom is 0.413 e. The van der Waals surface area contributed by atoms with Gasteiger partial charge in [0.15, 0.2) is 16.1 Å². The van der Waals surface area contributed by atoms with E-state index in [1.165, 1.54) is 4.57 Å². The van der Waals surface area contributed by atoms with Crippen LogP contribution in [0.3, 0.4) is 0 Å². The highest BCUT2D eigenvalue weighted by Crippen LogP contribution is 2.27. The van der Waals surface area contributed by atoms with E-state index >= 15 is 0 Å². The van der Waals surface area contributed by atoms with Gasteiger partial charge in [-0.3, -0.25) is 19.5 Å². The van der Waals surface area contributed by atoms with Gasteiger partial charge in [0.25, 0.3) is 5.56 Å². The molecule has 0 saturated heterocycles. The average molecular weight is 456 g/mol. The number of pyridine rings is 1. The van der Waals surface area contributed by atoms with Crippen LogP contribution in [0.4, 0.5) is 10.6 Å². The smallest absolute Gasteiger partial charge is 0.413 e. The Kier molecular flexibility index (Phi) is 7.44. The van der Waals surface area contributed by atoms with E-state index in [0.717, 1.165) is 0 Å². The van der Waals surface area contributed by atoms with Crippen molar-refractivity contribution in [1.82, 2.24) is 19.9 Å². The standard InChI is InChI=1S/C19H23Cl2N5O4/c1-6-12-7-11(8-22-9-27)13(16(23-12)25-18(29)30-19(3,4)5)26-10(2)14(20)24-15(21)17(26)28/h7,9H,6,8H2,1-5H3,(H,22,27)(H,23,25,29). The van der Waals surface area contributed by atoms with Crippen molar-refractivity contribution >= 4 is 41.5 Å². The number of carbonyl (C=O) groups is 2. The summed E-state index contributed by atoms with van der Waals surface area (Å²) < 4.78 is 6.53. The number of ether oxygens (including phenoxy) is 1. The lowest BCUT2D eigenvalue weighted by molar-refractivity contribution is -0.109. The highest BCUT2D eigenvalue weighted by atomic mass is 35.5. The van der Waals surface area contributed by atoms with Crippen LogP contribution in [0.2, 0.25) is 10.3 Å². The number of hydrogen-bond donors (Lipinski definition) is 2. The summed E-state index contributed by atoms with van der Waals surface area (Å²) in [6.07, 6.45) is 0.318. The molecule has 2 aromatic heterocycles. The molecule has 30 heavy (non-hydrogen) atoms. The summed E-state index contributed by atoms with van der Waals surface area (Å²) in [5, 5.41) is 4.83. The van der Waals surface area contributed by atoms with Crippen LogP contribution in [0.5, 0.6) is 0 Å². The minimum Gasteiger partial charge on any atom is -0.444 e. The summed E-state index contributed by atoms with van der Waals surface area (Å²) in [7, 11) is 0. The number of amides is 2. The van der Waals surface area contributed by atoms with E-state index in [1.807, 2.05) is 6.92 Å². The molecular formula is C19H23Cl2N5O4. The molecule has 0 saturated carbocycles. The van der Waals surface area contributed by atoms with Crippen molar-refractivity contribution in [3.05, 3.63) is 43.7 Å². The molecule has 162 valence electrons. The third kappa shape index (κ3) is 5.48. The van der Waals surface area contributed by atoms with Gasteiger partial charge in [0, 0.05) is 17.8 Å². The number of aromatic nitrogens is 3. The molecular weight excluding hydrogens is 433 g/mol. The quantitative estimate of drug-likeness (QED) is 0.644. The van der Waals surface area contributed by atoms with Crippen LogP contribution < -0.4 is 16.2 Å². The minimum atomic E-state index is -0.754. The Bertz CT molecular complexity index is 1030. The number of halogens is 2. The summed E-state index contributed by atoms with van der Waals surface area (Å²) in [6, 6.07) is 1.72. The van der Waals surface area contributed by atoms with Crippen molar-refractivity contribution in [3.63, 3.8) is 0 Å². The lowest BCUT2D eigenvalue weighted by atomic mass is 10.1. The Morgan fingerprint density at radius 1 is 1.27 bits per heavy atom. The molecule has 0 aromatic carbocycles. The highest BCUT2D eigenvalue weighted by Gasteiger charge is 2.24. The van der Waals surface area contributed by atoms with Crippen molar-refractivity contribution < 1.29 is 14.3 Å². The molecule has 2 aromatic rings. The van der Waals surface area contributed by atoms with Crippen LogP contribution >= 0.6 is 23.2 Å². The Hall–Kier alpha value is -2.65. The summed E-state index contributed by atoms with van der Waals surface area (Å²) in [6.45, 7) is 8.70.